The lowest BCUT2D eigenvalue weighted by molar-refractivity contribution is -0.120. The maximum absolute atomic E-state index is 12.4. The zero-order valence-corrected chi connectivity index (χ0v) is 12.6. The summed E-state index contributed by atoms with van der Waals surface area (Å²) in [5.41, 5.74) is 1.01. The average Bonchev–Trinajstić information content (AvgIpc) is 2.92. The van der Waals surface area contributed by atoms with Gasteiger partial charge in [0.1, 0.15) is 11.4 Å². The molecule has 0 aromatic heterocycles. The van der Waals surface area contributed by atoms with E-state index in [1.807, 2.05) is 51.1 Å². The molecule has 1 aromatic carbocycles. The highest BCUT2D eigenvalue weighted by molar-refractivity contribution is 5.95. The Kier molecular flexibility index (Phi) is 3.23. The number of carbonyl (C=O) groups is 2. The standard InChI is InChI=1S/C18H20O3/c1-18(2,3)21-17(20)14-7-5-4-6-12(14)15-10-11-8-9-13(15)16(11)19/h4-9,11,13,15H,10H2,1-3H3. The summed E-state index contributed by atoms with van der Waals surface area (Å²) in [6, 6.07) is 7.51. The molecule has 0 amide bonds. The van der Waals surface area contributed by atoms with Gasteiger partial charge in [0.2, 0.25) is 0 Å². The van der Waals surface area contributed by atoms with Gasteiger partial charge in [-0.25, -0.2) is 4.79 Å². The Morgan fingerprint density at radius 1 is 1.19 bits per heavy atom. The lowest BCUT2D eigenvalue weighted by atomic mass is 9.84. The summed E-state index contributed by atoms with van der Waals surface area (Å²) in [7, 11) is 0. The number of hydrogen-bond acceptors (Lipinski definition) is 3. The third-order valence-electron chi connectivity index (χ3n) is 4.17. The molecule has 0 heterocycles. The zero-order valence-electron chi connectivity index (χ0n) is 12.6. The molecule has 3 atom stereocenters. The Hall–Kier alpha value is -1.90. The van der Waals surface area contributed by atoms with Gasteiger partial charge in [-0.3, -0.25) is 4.79 Å². The summed E-state index contributed by atoms with van der Waals surface area (Å²) in [6.45, 7) is 5.58. The van der Waals surface area contributed by atoms with Crippen LogP contribution in [0.5, 0.6) is 0 Å². The molecule has 110 valence electrons. The van der Waals surface area contributed by atoms with Crippen molar-refractivity contribution in [3.63, 3.8) is 0 Å². The van der Waals surface area contributed by atoms with E-state index in [1.54, 1.807) is 6.07 Å². The molecular formula is C18H20O3. The second kappa shape index (κ2) is 4.83. The first-order valence-electron chi connectivity index (χ1n) is 7.41. The SMILES string of the molecule is CC(C)(C)OC(=O)c1ccccc1C1CC2C=CC1C2=O. The van der Waals surface area contributed by atoms with Crippen molar-refractivity contribution in [2.45, 2.75) is 38.7 Å². The van der Waals surface area contributed by atoms with Crippen molar-refractivity contribution in [1.29, 1.82) is 0 Å². The van der Waals surface area contributed by atoms with Crippen molar-refractivity contribution in [3.05, 3.63) is 47.5 Å². The van der Waals surface area contributed by atoms with E-state index >= 15 is 0 Å². The maximum atomic E-state index is 12.4. The summed E-state index contributed by atoms with van der Waals surface area (Å²) < 4.78 is 5.49. The number of fused-ring (bicyclic) bond motifs is 2. The number of carbonyl (C=O) groups excluding carboxylic acids is 2. The van der Waals surface area contributed by atoms with Crippen LogP contribution in [0.3, 0.4) is 0 Å². The number of ether oxygens (including phenoxy) is 1. The van der Waals surface area contributed by atoms with Gasteiger partial charge in [0, 0.05) is 11.8 Å². The van der Waals surface area contributed by atoms with Gasteiger partial charge >= 0.3 is 5.97 Å². The van der Waals surface area contributed by atoms with Crippen LogP contribution in [-0.4, -0.2) is 17.4 Å². The average molecular weight is 284 g/mol. The van der Waals surface area contributed by atoms with E-state index < -0.39 is 5.60 Å². The summed E-state index contributed by atoms with van der Waals surface area (Å²) in [5, 5.41) is 0. The predicted octanol–water partition coefficient (Wildman–Crippen LogP) is 3.50. The maximum Gasteiger partial charge on any atom is 0.338 e. The molecule has 1 fully saturated rings. The van der Waals surface area contributed by atoms with Gasteiger partial charge in [-0.2, -0.15) is 0 Å². The molecular weight excluding hydrogens is 264 g/mol. The molecule has 1 saturated carbocycles. The number of rotatable bonds is 2. The Labute approximate surface area is 125 Å². The predicted molar refractivity (Wildman–Crippen MR) is 80.1 cm³/mol. The van der Waals surface area contributed by atoms with E-state index in [2.05, 4.69) is 0 Å². The monoisotopic (exact) mass is 284 g/mol. The van der Waals surface area contributed by atoms with Gasteiger partial charge in [-0.1, -0.05) is 30.4 Å². The topological polar surface area (TPSA) is 43.4 Å². The molecule has 0 spiro atoms. The van der Waals surface area contributed by atoms with Crippen molar-refractivity contribution in [3.8, 4) is 0 Å². The Morgan fingerprint density at radius 3 is 2.48 bits per heavy atom. The second-order valence-electron chi connectivity index (χ2n) is 6.85. The van der Waals surface area contributed by atoms with E-state index in [9.17, 15) is 9.59 Å². The number of Topliss-reactive ketones (excluding diaryl/α,β-unsaturated/α-hetero) is 1. The van der Waals surface area contributed by atoms with Gasteiger partial charge < -0.3 is 4.74 Å². The van der Waals surface area contributed by atoms with Crippen LogP contribution < -0.4 is 0 Å². The molecule has 21 heavy (non-hydrogen) atoms. The highest BCUT2D eigenvalue weighted by Crippen LogP contribution is 2.47. The Balaban J connectivity index is 1.92. The lowest BCUT2D eigenvalue weighted by Gasteiger charge is -2.23. The summed E-state index contributed by atoms with van der Waals surface area (Å²) in [5.74, 6) is 0.0535. The zero-order chi connectivity index (χ0) is 15.2. The van der Waals surface area contributed by atoms with Crippen molar-refractivity contribution in [1.82, 2.24) is 0 Å². The summed E-state index contributed by atoms with van der Waals surface area (Å²) in [4.78, 5) is 24.5. The van der Waals surface area contributed by atoms with Gasteiger partial charge in [0.25, 0.3) is 0 Å². The van der Waals surface area contributed by atoms with Crippen LogP contribution in [0.15, 0.2) is 36.4 Å². The minimum absolute atomic E-state index is 0.0340. The van der Waals surface area contributed by atoms with E-state index in [4.69, 9.17) is 4.74 Å². The van der Waals surface area contributed by atoms with Crippen LogP contribution >= 0.6 is 0 Å². The molecule has 1 aromatic rings. The molecule has 0 aliphatic heterocycles. The van der Waals surface area contributed by atoms with Crippen molar-refractivity contribution < 1.29 is 14.3 Å². The van der Waals surface area contributed by atoms with E-state index in [-0.39, 0.29) is 23.7 Å². The fourth-order valence-corrected chi connectivity index (χ4v) is 3.30. The highest BCUT2D eigenvalue weighted by Gasteiger charge is 2.45. The third-order valence-corrected chi connectivity index (χ3v) is 4.17. The molecule has 0 N–H and O–H groups in total. The molecule has 3 heteroatoms. The van der Waals surface area contributed by atoms with Gasteiger partial charge in [0.05, 0.1) is 5.56 Å². The molecule has 3 nitrogen and oxygen atoms in total. The number of esters is 1. The van der Waals surface area contributed by atoms with E-state index in [0.717, 1.165) is 12.0 Å². The Bertz CT molecular complexity index is 622. The second-order valence-corrected chi connectivity index (χ2v) is 6.85. The van der Waals surface area contributed by atoms with Crippen LogP contribution in [0.1, 0.15) is 49.0 Å². The van der Waals surface area contributed by atoms with Gasteiger partial charge in [-0.05, 0) is 44.7 Å². The lowest BCUT2D eigenvalue weighted by Crippen LogP contribution is -2.25. The molecule has 0 saturated heterocycles. The fourth-order valence-electron chi connectivity index (χ4n) is 3.30. The summed E-state index contributed by atoms with van der Waals surface area (Å²) in [6.07, 6.45) is 4.80. The quantitative estimate of drug-likeness (QED) is 0.616. The van der Waals surface area contributed by atoms with Crippen molar-refractivity contribution >= 4 is 11.8 Å². The molecule has 2 aliphatic rings. The molecule has 0 radical (unpaired) electrons. The number of hydrogen-bond donors (Lipinski definition) is 0. The van der Waals surface area contributed by atoms with Crippen molar-refractivity contribution in [2.24, 2.45) is 11.8 Å². The number of allylic oxidation sites excluding steroid dienone is 2. The highest BCUT2D eigenvalue weighted by atomic mass is 16.6. The number of benzene rings is 1. The first-order chi connectivity index (χ1) is 9.87. The van der Waals surface area contributed by atoms with Crippen molar-refractivity contribution in [2.75, 3.05) is 0 Å². The third kappa shape index (κ3) is 2.53. The normalized spacial score (nSPS) is 27.2. The summed E-state index contributed by atoms with van der Waals surface area (Å²) >= 11 is 0. The van der Waals surface area contributed by atoms with Crippen LogP contribution in [0.2, 0.25) is 0 Å². The first kappa shape index (κ1) is 14.1. The molecule has 3 rings (SSSR count). The van der Waals surface area contributed by atoms with Crippen LogP contribution in [0, 0.1) is 11.8 Å². The van der Waals surface area contributed by atoms with Crippen LogP contribution in [0.4, 0.5) is 0 Å². The largest absolute Gasteiger partial charge is 0.456 e. The minimum atomic E-state index is -0.519. The number of ketones is 1. The van der Waals surface area contributed by atoms with E-state index in [0.29, 0.717) is 11.3 Å². The van der Waals surface area contributed by atoms with Crippen LogP contribution in [-0.2, 0) is 9.53 Å². The van der Waals surface area contributed by atoms with Gasteiger partial charge in [-0.15, -0.1) is 0 Å². The molecule has 2 bridgehead atoms. The van der Waals surface area contributed by atoms with E-state index in [1.165, 1.54) is 0 Å². The molecule has 3 unspecified atom stereocenters. The van der Waals surface area contributed by atoms with Gasteiger partial charge in [0.15, 0.2) is 0 Å². The smallest absolute Gasteiger partial charge is 0.338 e. The fraction of sp³-hybridized carbons (Fsp3) is 0.444. The van der Waals surface area contributed by atoms with Crippen LogP contribution in [0.25, 0.3) is 0 Å². The first-order valence-corrected chi connectivity index (χ1v) is 7.41. The molecule has 2 aliphatic carbocycles. The Morgan fingerprint density at radius 2 is 1.90 bits per heavy atom. The minimum Gasteiger partial charge on any atom is -0.456 e.